The molecular weight excluding hydrogens is 280 g/mol. The number of nitrogens with one attached hydrogen (secondary N) is 1. The first kappa shape index (κ1) is 15.5. The molecular formula is C17H20N2OS. The van der Waals surface area contributed by atoms with E-state index in [1.165, 1.54) is 10.4 Å². The minimum atomic E-state index is 0.0428. The van der Waals surface area contributed by atoms with E-state index in [9.17, 15) is 4.79 Å². The maximum atomic E-state index is 12.0. The van der Waals surface area contributed by atoms with Gasteiger partial charge in [0.05, 0.1) is 13.1 Å². The number of rotatable bonds is 8. The number of hydrogen-bond acceptors (Lipinski definition) is 3. The summed E-state index contributed by atoms with van der Waals surface area (Å²) in [6, 6.07) is 14.2. The zero-order valence-electron chi connectivity index (χ0n) is 12.0. The molecule has 3 nitrogen and oxygen atoms in total. The number of nitrogens with zero attached hydrogens (tertiary/aromatic N) is 1. The van der Waals surface area contributed by atoms with Crippen LogP contribution in [0.5, 0.6) is 0 Å². The molecule has 0 fully saturated rings. The molecule has 4 heteroatoms. The molecule has 1 N–H and O–H groups in total. The van der Waals surface area contributed by atoms with E-state index in [1.54, 1.807) is 11.3 Å². The van der Waals surface area contributed by atoms with Crippen molar-refractivity contribution in [1.82, 2.24) is 10.2 Å². The van der Waals surface area contributed by atoms with Crippen LogP contribution in [0.3, 0.4) is 0 Å². The minimum Gasteiger partial charge on any atom is -0.350 e. The van der Waals surface area contributed by atoms with Crippen molar-refractivity contribution in [3.05, 3.63) is 70.9 Å². The highest BCUT2D eigenvalue weighted by Crippen LogP contribution is 2.08. The van der Waals surface area contributed by atoms with Gasteiger partial charge >= 0.3 is 0 Å². The zero-order chi connectivity index (χ0) is 14.9. The molecule has 0 saturated heterocycles. The Kier molecular flexibility index (Phi) is 6.19. The van der Waals surface area contributed by atoms with Crippen LogP contribution >= 0.6 is 11.3 Å². The van der Waals surface area contributed by atoms with Crippen molar-refractivity contribution >= 4 is 17.2 Å². The van der Waals surface area contributed by atoms with E-state index >= 15 is 0 Å². The fraction of sp³-hybridized carbons (Fsp3) is 0.235. The Labute approximate surface area is 129 Å². The van der Waals surface area contributed by atoms with Gasteiger partial charge in [-0.15, -0.1) is 17.9 Å². The molecule has 0 unspecified atom stereocenters. The molecule has 0 aliphatic carbocycles. The summed E-state index contributed by atoms with van der Waals surface area (Å²) in [6.45, 7) is 6.19. The van der Waals surface area contributed by atoms with Crippen molar-refractivity contribution in [3.8, 4) is 0 Å². The largest absolute Gasteiger partial charge is 0.350 e. The molecule has 0 spiro atoms. The van der Waals surface area contributed by atoms with E-state index in [4.69, 9.17) is 0 Å². The summed E-state index contributed by atoms with van der Waals surface area (Å²) in [4.78, 5) is 15.3. The Morgan fingerprint density at radius 3 is 2.71 bits per heavy atom. The molecule has 0 radical (unpaired) electrons. The second kappa shape index (κ2) is 8.39. The second-order valence-corrected chi connectivity index (χ2v) is 5.83. The van der Waals surface area contributed by atoms with Crippen LogP contribution in [0.15, 0.2) is 60.5 Å². The standard InChI is InChI=1S/C17H20N2OS/c1-2-10-19(13-15-7-4-3-5-8-15)14-17(20)18-12-16-9-6-11-21-16/h2-9,11H,1,10,12-14H2,(H,18,20). The summed E-state index contributed by atoms with van der Waals surface area (Å²) in [7, 11) is 0. The molecule has 0 aliphatic heterocycles. The van der Waals surface area contributed by atoms with Crippen LogP contribution in [0.25, 0.3) is 0 Å². The Balaban J connectivity index is 1.83. The van der Waals surface area contributed by atoms with Crippen LogP contribution in [0.2, 0.25) is 0 Å². The van der Waals surface area contributed by atoms with Crippen LogP contribution in [0, 0.1) is 0 Å². The van der Waals surface area contributed by atoms with Crippen molar-refractivity contribution in [2.75, 3.05) is 13.1 Å². The third-order valence-corrected chi connectivity index (χ3v) is 3.92. The molecule has 21 heavy (non-hydrogen) atoms. The predicted octanol–water partition coefficient (Wildman–Crippen LogP) is 3.05. The molecule has 0 atom stereocenters. The molecule has 0 saturated carbocycles. The monoisotopic (exact) mass is 300 g/mol. The Morgan fingerprint density at radius 2 is 2.05 bits per heavy atom. The maximum Gasteiger partial charge on any atom is 0.234 e. The first-order chi connectivity index (χ1) is 10.3. The molecule has 110 valence electrons. The Hall–Kier alpha value is -1.91. The van der Waals surface area contributed by atoms with Gasteiger partial charge < -0.3 is 5.32 Å². The summed E-state index contributed by atoms with van der Waals surface area (Å²) < 4.78 is 0. The molecule has 0 bridgehead atoms. The molecule has 2 rings (SSSR count). The van der Waals surface area contributed by atoms with Gasteiger partial charge in [-0.2, -0.15) is 0 Å². The highest BCUT2D eigenvalue weighted by atomic mass is 32.1. The quantitative estimate of drug-likeness (QED) is 0.760. The number of benzene rings is 1. The number of carbonyl (C=O) groups excluding carboxylic acids is 1. The number of amides is 1. The lowest BCUT2D eigenvalue weighted by molar-refractivity contribution is -0.122. The molecule has 1 aromatic carbocycles. The average molecular weight is 300 g/mol. The van der Waals surface area contributed by atoms with E-state index in [0.717, 1.165) is 6.54 Å². The van der Waals surface area contributed by atoms with Gasteiger partial charge in [-0.05, 0) is 17.0 Å². The molecule has 2 aromatic rings. The van der Waals surface area contributed by atoms with Gasteiger partial charge in [0.2, 0.25) is 5.91 Å². The minimum absolute atomic E-state index is 0.0428. The number of hydrogen-bond donors (Lipinski definition) is 1. The molecule has 1 heterocycles. The third kappa shape index (κ3) is 5.53. The van der Waals surface area contributed by atoms with E-state index in [0.29, 0.717) is 19.6 Å². The highest BCUT2D eigenvalue weighted by Gasteiger charge is 2.10. The van der Waals surface area contributed by atoms with Crippen molar-refractivity contribution < 1.29 is 4.79 Å². The normalized spacial score (nSPS) is 10.5. The van der Waals surface area contributed by atoms with E-state index in [-0.39, 0.29) is 5.91 Å². The van der Waals surface area contributed by atoms with Gasteiger partial charge in [0.15, 0.2) is 0 Å². The van der Waals surface area contributed by atoms with Gasteiger partial charge in [0, 0.05) is 18.0 Å². The first-order valence-electron chi connectivity index (χ1n) is 6.94. The summed E-state index contributed by atoms with van der Waals surface area (Å²) >= 11 is 1.65. The van der Waals surface area contributed by atoms with Crippen LogP contribution in [-0.2, 0) is 17.9 Å². The number of carbonyl (C=O) groups is 1. The van der Waals surface area contributed by atoms with Gasteiger partial charge in [0.25, 0.3) is 0 Å². The van der Waals surface area contributed by atoms with E-state index < -0.39 is 0 Å². The Bertz CT molecular complexity index is 551. The van der Waals surface area contributed by atoms with Crippen molar-refractivity contribution in [2.45, 2.75) is 13.1 Å². The van der Waals surface area contributed by atoms with Crippen LogP contribution in [0.4, 0.5) is 0 Å². The Morgan fingerprint density at radius 1 is 1.24 bits per heavy atom. The van der Waals surface area contributed by atoms with Crippen LogP contribution in [0.1, 0.15) is 10.4 Å². The lowest BCUT2D eigenvalue weighted by atomic mass is 10.2. The van der Waals surface area contributed by atoms with Gasteiger partial charge in [0.1, 0.15) is 0 Å². The third-order valence-electron chi connectivity index (χ3n) is 3.04. The summed E-state index contributed by atoms with van der Waals surface area (Å²) in [5, 5.41) is 4.97. The average Bonchev–Trinajstić information content (AvgIpc) is 3.00. The first-order valence-corrected chi connectivity index (χ1v) is 7.82. The van der Waals surface area contributed by atoms with Crippen LogP contribution < -0.4 is 5.32 Å². The smallest absolute Gasteiger partial charge is 0.234 e. The fourth-order valence-electron chi connectivity index (χ4n) is 2.07. The lowest BCUT2D eigenvalue weighted by Gasteiger charge is -2.20. The fourth-order valence-corrected chi connectivity index (χ4v) is 2.71. The topological polar surface area (TPSA) is 32.3 Å². The van der Waals surface area contributed by atoms with Crippen molar-refractivity contribution in [2.24, 2.45) is 0 Å². The van der Waals surface area contributed by atoms with Crippen molar-refractivity contribution in [1.29, 1.82) is 0 Å². The van der Waals surface area contributed by atoms with Crippen molar-refractivity contribution in [3.63, 3.8) is 0 Å². The number of thiophene rings is 1. The second-order valence-electron chi connectivity index (χ2n) is 4.80. The predicted molar refractivity (Wildman–Crippen MR) is 88.1 cm³/mol. The highest BCUT2D eigenvalue weighted by molar-refractivity contribution is 7.09. The summed E-state index contributed by atoms with van der Waals surface area (Å²) in [6.07, 6.45) is 1.83. The SMILES string of the molecule is C=CCN(CC(=O)NCc1cccs1)Cc1ccccc1. The molecule has 0 aliphatic rings. The molecule has 1 aromatic heterocycles. The zero-order valence-corrected chi connectivity index (χ0v) is 12.8. The lowest BCUT2D eigenvalue weighted by Crippen LogP contribution is -2.36. The van der Waals surface area contributed by atoms with Crippen LogP contribution in [-0.4, -0.2) is 23.9 Å². The summed E-state index contributed by atoms with van der Waals surface area (Å²) in [5.41, 5.74) is 1.20. The molecule has 1 amide bonds. The van der Waals surface area contributed by atoms with E-state index in [2.05, 4.69) is 28.9 Å². The summed E-state index contributed by atoms with van der Waals surface area (Å²) in [5.74, 6) is 0.0428. The maximum absolute atomic E-state index is 12.0. The van der Waals surface area contributed by atoms with Gasteiger partial charge in [-0.3, -0.25) is 9.69 Å². The van der Waals surface area contributed by atoms with E-state index in [1.807, 2.05) is 41.8 Å². The van der Waals surface area contributed by atoms with Gasteiger partial charge in [-0.1, -0.05) is 42.5 Å². The van der Waals surface area contributed by atoms with Gasteiger partial charge in [-0.25, -0.2) is 0 Å².